The van der Waals surface area contributed by atoms with Crippen LogP contribution in [0.25, 0.3) is 17.1 Å². The Morgan fingerprint density at radius 3 is 2.45 bits per heavy atom. The predicted molar refractivity (Wildman–Crippen MR) is 103 cm³/mol. The fourth-order valence-electron chi connectivity index (χ4n) is 2.97. The third-order valence-electron chi connectivity index (χ3n) is 4.64. The van der Waals surface area contributed by atoms with Crippen LogP contribution in [-0.4, -0.2) is 24.7 Å². The Kier molecular flexibility index (Phi) is 6.37. The van der Waals surface area contributed by atoms with E-state index >= 15 is 0 Å². The Labute approximate surface area is 191 Å². The van der Waals surface area contributed by atoms with E-state index in [1.54, 1.807) is 24.3 Å². The van der Waals surface area contributed by atoms with Gasteiger partial charge in [0.15, 0.2) is 0 Å². The molecular formula is C22H14F2N6Pt. The van der Waals surface area contributed by atoms with Crippen molar-refractivity contribution in [3.63, 3.8) is 0 Å². The summed E-state index contributed by atoms with van der Waals surface area (Å²) in [7, 11) is 0. The summed E-state index contributed by atoms with van der Waals surface area (Å²) in [6, 6.07) is 16.9. The second-order valence-corrected chi connectivity index (χ2v) is 7.01. The van der Waals surface area contributed by atoms with Gasteiger partial charge in [0, 0.05) is 34.8 Å². The molecule has 0 aliphatic carbocycles. The van der Waals surface area contributed by atoms with E-state index in [-0.39, 0.29) is 32.5 Å². The van der Waals surface area contributed by atoms with Gasteiger partial charge >= 0.3 is 21.1 Å². The van der Waals surface area contributed by atoms with Crippen LogP contribution in [0, 0.1) is 35.4 Å². The molecule has 0 fully saturated rings. The first kappa shape index (κ1) is 22.4. The van der Waals surface area contributed by atoms with Crippen molar-refractivity contribution in [3.05, 3.63) is 89.8 Å². The van der Waals surface area contributed by atoms with Crippen LogP contribution < -0.4 is 0 Å². The monoisotopic (exact) mass is 595 g/mol. The van der Waals surface area contributed by atoms with Gasteiger partial charge in [-0.1, -0.05) is 35.9 Å². The Morgan fingerprint density at radius 2 is 1.77 bits per heavy atom. The molecule has 31 heavy (non-hydrogen) atoms. The molecular weight excluding hydrogens is 581 g/mol. The van der Waals surface area contributed by atoms with Gasteiger partial charge in [0.1, 0.15) is 5.82 Å². The zero-order chi connectivity index (χ0) is 21.3. The zero-order valence-electron chi connectivity index (χ0n) is 16.4. The van der Waals surface area contributed by atoms with Crippen molar-refractivity contribution < 1.29 is 29.8 Å². The van der Waals surface area contributed by atoms with Crippen LogP contribution in [0.15, 0.2) is 48.5 Å². The molecule has 0 N–H and O–H groups in total. The minimum absolute atomic E-state index is 0. The normalized spacial score (nSPS) is 10.9. The summed E-state index contributed by atoms with van der Waals surface area (Å²) in [5, 5.41) is 12.9. The van der Waals surface area contributed by atoms with Crippen molar-refractivity contribution in [2.45, 2.75) is 19.3 Å². The van der Waals surface area contributed by atoms with Crippen molar-refractivity contribution in [3.8, 4) is 23.1 Å². The largest absolute Gasteiger partial charge is 2.00 e. The van der Waals surface area contributed by atoms with E-state index in [1.807, 2.05) is 32.0 Å². The molecule has 6 nitrogen and oxygen atoms in total. The SMILES string of the molecule is CC(C)(c1cccc(-c2[c-]cc(F)cc2F)n1)c1cccc(-n2[c-]nc(C#N)n2)n1.[Pt+2]. The molecule has 0 bridgehead atoms. The summed E-state index contributed by atoms with van der Waals surface area (Å²) in [4.78, 5) is 13.0. The number of nitriles is 1. The molecule has 156 valence electrons. The van der Waals surface area contributed by atoms with Crippen molar-refractivity contribution in [1.82, 2.24) is 24.7 Å². The van der Waals surface area contributed by atoms with Crippen LogP contribution in [0.4, 0.5) is 8.78 Å². The van der Waals surface area contributed by atoms with Gasteiger partial charge in [-0.05, 0) is 31.7 Å². The van der Waals surface area contributed by atoms with Gasteiger partial charge in [-0.25, -0.2) is 10.4 Å². The van der Waals surface area contributed by atoms with Gasteiger partial charge in [0.25, 0.3) is 0 Å². The van der Waals surface area contributed by atoms with Crippen LogP contribution in [-0.2, 0) is 26.5 Å². The zero-order valence-corrected chi connectivity index (χ0v) is 18.6. The average Bonchev–Trinajstić information content (AvgIpc) is 3.23. The molecule has 4 aromatic rings. The van der Waals surface area contributed by atoms with Crippen LogP contribution in [0.3, 0.4) is 0 Å². The number of benzene rings is 1. The number of hydrogen-bond acceptors (Lipinski definition) is 5. The molecule has 0 saturated heterocycles. The summed E-state index contributed by atoms with van der Waals surface area (Å²) >= 11 is 0. The van der Waals surface area contributed by atoms with Crippen molar-refractivity contribution >= 4 is 0 Å². The number of nitrogens with zero attached hydrogens (tertiary/aromatic N) is 6. The first-order chi connectivity index (χ1) is 14.4. The maximum absolute atomic E-state index is 14.2. The second-order valence-electron chi connectivity index (χ2n) is 7.01. The van der Waals surface area contributed by atoms with Gasteiger partial charge in [0.05, 0.1) is 11.9 Å². The fourth-order valence-corrected chi connectivity index (χ4v) is 2.97. The average molecular weight is 595 g/mol. The van der Waals surface area contributed by atoms with Gasteiger partial charge in [0.2, 0.25) is 0 Å². The standard InChI is InChI=1S/C22H14F2N6.Pt/c1-22(2,19-7-4-8-21(28-19)30-13-26-20(12-25)29-30)18-6-3-5-17(27-18)15-10-9-14(23)11-16(15)24;/h3-9,11H,1-2H3;/q-2;+2. The van der Waals surface area contributed by atoms with E-state index in [9.17, 15) is 8.78 Å². The van der Waals surface area contributed by atoms with E-state index in [0.717, 1.165) is 12.1 Å². The van der Waals surface area contributed by atoms with E-state index in [2.05, 4.69) is 32.4 Å². The molecule has 0 saturated carbocycles. The molecule has 0 atom stereocenters. The van der Waals surface area contributed by atoms with E-state index in [1.165, 1.54) is 4.68 Å². The maximum Gasteiger partial charge on any atom is 2.00 e. The van der Waals surface area contributed by atoms with Crippen molar-refractivity contribution in [1.29, 1.82) is 5.26 Å². The van der Waals surface area contributed by atoms with Crippen LogP contribution in [0.2, 0.25) is 0 Å². The number of aromatic nitrogens is 5. The van der Waals surface area contributed by atoms with Gasteiger partial charge in [-0.3, -0.25) is 13.8 Å². The molecule has 0 spiro atoms. The number of halogens is 2. The smallest absolute Gasteiger partial charge is 0.337 e. The van der Waals surface area contributed by atoms with Crippen molar-refractivity contribution in [2.75, 3.05) is 0 Å². The van der Waals surface area contributed by atoms with E-state index in [4.69, 9.17) is 5.26 Å². The molecule has 3 aromatic heterocycles. The summed E-state index contributed by atoms with van der Waals surface area (Å²) in [5.74, 6) is -0.983. The molecule has 0 unspecified atom stereocenters. The molecule has 3 heterocycles. The quantitative estimate of drug-likeness (QED) is 0.336. The van der Waals surface area contributed by atoms with Crippen LogP contribution in [0.1, 0.15) is 31.1 Å². The summed E-state index contributed by atoms with van der Waals surface area (Å²) in [6.07, 6.45) is 2.61. The minimum Gasteiger partial charge on any atom is -0.337 e. The molecule has 1 aromatic carbocycles. The van der Waals surface area contributed by atoms with Crippen LogP contribution >= 0.6 is 0 Å². The topological polar surface area (TPSA) is 80.3 Å². The molecule has 9 heteroatoms. The predicted octanol–water partition coefficient (Wildman–Crippen LogP) is 3.80. The van der Waals surface area contributed by atoms with Crippen molar-refractivity contribution in [2.24, 2.45) is 0 Å². The second kappa shape index (κ2) is 8.82. The Hall–Kier alpha value is -3.30. The summed E-state index contributed by atoms with van der Waals surface area (Å²) < 4.78 is 28.7. The van der Waals surface area contributed by atoms with Gasteiger partial charge in [-0.2, -0.15) is 0 Å². The molecule has 4 rings (SSSR count). The third-order valence-corrected chi connectivity index (χ3v) is 4.64. The molecule has 0 aliphatic rings. The third kappa shape index (κ3) is 4.42. The molecule has 0 aliphatic heterocycles. The number of rotatable bonds is 4. The molecule has 0 radical (unpaired) electrons. The van der Waals surface area contributed by atoms with E-state index in [0.29, 0.717) is 22.9 Å². The molecule has 0 amide bonds. The van der Waals surface area contributed by atoms with Gasteiger partial charge in [-0.15, -0.1) is 12.1 Å². The van der Waals surface area contributed by atoms with Gasteiger partial charge < -0.3 is 14.6 Å². The van der Waals surface area contributed by atoms with E-state index < -0.39 is 17.0 Å². The fraction of sp³-hybridized carbons (Fsp3) is 0.136. The minimum atomic E-state index is -0.729. The first-order valence-electron chi connectivity index (χ1n) is 8.96. The number of hydrogen-bond donors (Lipinski definition) is 0. The Morgan fingerprint density at radius 1 is 1.06 bits per heavy atom. The summed E-state index contributed by atoms with van der Waals surface area (Å²) in [5.41, 5.74) is 1.11. The summed E-state index contributed by atoms with van der Waals surface area (Å²) in [6.45, 7) is 3.86. The first-order valence-corrected chi connectivity index (χ1v) is 8.96. The Bertz CT molecular complexity index is 1280. The Balaban J connectivity index is 0.00000272. The number of pyridine rings is 2. The van der Waals surface area contributed by atoms with Crippen LogP contribution in [0.5, 0.6) is 0 Å². The maximum atomic E-state index is 14.2.